The summed E-state index contributed by atoms with van der Waals surface area (Å²) in [6.07, 6.45) is 3.15. The third-order valence-corrected chi connectivity index (χ3v) is 5.09. The SMILES string of the molecule is CC(Oc1ccc(C#N)cc1)C(=O)Nc1nc(CN2CCCCC2)cs1. The van der Waals surface area contributed by atoms with Crippen molar-refractivity contribution in [2.45, 2.75) is 38.8 Å². The van der Waals surface area contributed by atoms with Crippen LogP contribution in [-0.2, 0) is 11.3 Å². The first-order valence-corrected chi connectivity index (χ1v) is 9.66. The number of thiazole rings is 1. The van der Waals surface area contributed by atoms with Crippen LogP contribution in [0.15, 0.2) is 29.6 Å². The molecule has 1 fully saturated rings. The van der Waals surface area contributed by atoms with Crippen LogP contribution in [0.4, 0.5) is 5.13 Å². The number of rotatable bonds is 6. The molecule has 1 unspecified atom stereocenters. The van der Waals surface area contributed by atoms with Crippen LogP contribution < -0.4 is 10.1 Å². The van der Waals surface area contributed by atoms with E-state index in [0.29, 0.717) is 16.4 Å². The molecule has 2 aromatic rings. The Kier molecular flexibility index (Phi) is 6.21. The Bertz CT molecular complexity index is 776. The van der Waals surface area contributed by atoms with Crippen LogP contribution in [0.2, 0.25) is 0 Å². The molecule has 0 radical (unpaired) electrons. The van der Waals surface area contributed by atoms with Crippen LogP contribution >= 0.6 is 11.3 Å². The fraction of sp³-hybridized carbons (Fsp3) is 0.421. The molecule has 1 aliphatic heterocycles. The molecule has 1 saturated heterocycles. The zero-order chi connectivity index (χ0) is 18.4. The molecule has 1 aliphatic rings. The number of piperidine rings is 1. The van der Waals surface area contributed by atoms with Crippen LogP contribution in [0.3, 0.4) is 0 Å². The number of ether oxygens (including phenoxy) is 1. The molecule has 0 spiro atoms. The Hall–Kier alpha value is -2.43. The highest BCUT2D eigenvalue weighted by molar-refractivity contribution is 7.13. The van der Waals surface area contributed by atoms with E-state index in [2.05, 4.69) is 15.2 Å². The average molecular weight is 370 g/mol. The van der Waals surface area contributed by atoms with Gasteiger partial charge in [-0.2, -0.15) is 5.26 Å². The number of hydrogen-bond acceptors (Lipinski definition) is 6. The van der Waals surface area contributed by atoms with Crippen LogP contribution in [0.1, 0.15) is 37.4 Å². The van der Waals surface area contributed by atoms with Gasteiger partial charge in [-0.15, -0.1) is 11.3 Å². The standard InChI is InChI=1S/C19H22N4O2S/c1-14(25-17-7-5-15(11-20)6-8-17)18(24)22-19-21-16(13-26-19)12-23-9-3-2-4-10-23/h5-8,13-14H,2-4,9-10,12H2,1H3,(H,21,22,24). The van der Waals surface area contributed by atoms with Gasteiger partial charge in [-0.3, -0.25) is 15.0 Å². The maximum absolute atomic E-state index is 12.3. The monoisotopic (exact) mass is 370 g/mol. The average Bonchev–Trinajstić information content (AvgIpc) is 3.10. The molecule has 0 bridgehead atoms. The number of benzene rings is 1. The summed E-state index contributed by atoms with van der Waals surface area (Å²) in [5.41, 5.74) is 1.55. The van der Waals surface area contributed by atoms with E-state index < -0.39 is 6.10 Å². The Morgan fingerprint density at radius 1 is 1.35 bits per heavy atom. The number of amides is 1. The van der Waals surface area contributed by atoms with Crippen LogP contribution in [0.25, 0.3) is 0 Å². The number of likely N-dealkylation sites (tertiary alicyclic amines) is 1. The molecule has 1 aromatic heterocycles. The Morgan fingerprint density at radius 2 is 2.08 bits per heavy atom. The van der Waals surface area contributed by atoms with Gasteiger partial charge in [0, 0.05) is 11.9 Å². The van der Waals surface area contributed by atoms with Crippen molar-refractivity contribution in [3.63, 3.8) is 0 Å². The molecule has 26 heavy (non-hydrogen) atoms. The number of aromatic nitrogens is 1. The second-order valence-corrected chi connectivity index (χ2v) is 7.22. The van der Waals surface area contributed by atoms with Crippen molar-refractivity contribution in [1.29, 1.82) is 5.26 Å². The van der Waals surface area contributed by atoms with E-state index in [1.807, 2.05) is 11.4 Å². The van der Waals surface area contributed by atoms with Crippen molar-refractivity contribution in [2.75, 3.05) is 18.4 Å². The number of hydrogen-bond donors (Lipinski definition) is 1. The van der Waals surface area contributed by atoms with Crippen molar-refractivity contribution < 1.29 is 9.53 Å². The molecule has 0 aliphatic carbocycles. The normalized spacial score (nSPS) is 15.8. The molecule has 1 atom stereocenters. The minimum atomic E-state index is -0.655. The van der Waals surface area contributed by atoms with Crippen molar-refractivity contribution in [1.82, 2.24) is 9.88 Å². The van der Waals surface area contributed by atoms with E-state index in [4.69, 9.17) is 10.00 Å². The number of anilines is 1. The van der Waals surface area contributed by atoms with E-state index >= 15 is 0 Å². The molecule has 136 valence electrons. The second-order valence-electron chi connectivity index (χ2n) is 6.37. The summed E-state index contributed by atoms with van der Waals surface area (Å²) < 4.78 is 5.62. The first-order valence-electron chi connectivity index (χ1n) is 8.78. The first kappa shape index (κ1) is 18.4. The number of nitrogens with one attached hydrogen (secondary N) is 1. The van der Waals surface area contributed by atoms with E-state index in [1.165, 1.54) is 30.6 Å². The lowest BCUT2D eigenvalue weighted by Gasteiger charge is -2.25. The van der Waals surface area contributed by atoms with Gasteiger partial charge in [0.15, 0.2) is 11.2 Å². The number of carbonyl (C=O) groups is 1. The van der Waals surface area contributed by atoms with Gasteiger partial charge in [0.1, 0.15) is 5.75 Å². The number of nitrogens with zero attached hydrogens (tertiary/aromatic N) is 3. The summed E-state index contributed by atoms with van der Waals surface area (Å²) in [5.74, 6) is 0.310. The van der Waals surface area contributed by atoms with Crippen LogP contribution in [-0.4, -0.2) is 35.0 Å². The zero-order valence-electron chi connectivity index (χ0n) is 14.8. The van der Waals surface area contributed by atoms with Crippen LogP contribution in [0, 0.1) is 11.3 Å². The van der Waals surface area contributed by atoms with Gasteiger partial charge in [0.05, 0.1) is 17.3 Å². The molecular formula is C19H22N4O2S. The Labute approximate surface area is 157 Å². The van der Waals surface area contributed by atoms with E-state index in [1.54, 1.807) is 31.2 Å². The lowest BCUT2D eigenvalue weighted by Crippen LogP contribution is -2.30. The fourth-order valence-electron chi connectivity index (χ4n) is 2.86. The molecule has 1 amide bonds. The predicted octanol–water partition coefficient (Wildman–Crippen LogP) is 3.41. The highest BCUT2D eigenvalue weighted by Gasteiger charge is 2.17. The number of nitriles is 1. The Balaban J connectivity index is 1.51. The number of carbonyl (C=O) groups excluding carboxylic acids is 1. The summed E-state index contributed by atoms with van der Waals surface area (Å²) >= 11 is 1.43. The molecule has 1 N–H and O–H groups in total. The van der Waals surface area contributed by atoms with Crippen molar-refractivity contribution in [3.05, 3.63) is 40.9 Å². The van der Waals surface area contributed by atoms with Crippen LogP contribution in [0.5, 0.6) is 5.75 Å². The molecule has 7 heteroatoms. The third kappa shape index (κ3) is 5.04. The molecule has 6 nitrogen and oxygen atoms in total. The largest absolute Gasteiger partial charge is 0.481 e. The van der Waals surface area contributed by atoms with Gasteiger partial charge in [0.2, 0.25) is 0 Å². The third-order valence-electron chi connectivity index (χ3n) is 4.28. The molecular weight excluding hydrogens is 348 g/mol. The van der Waals surface area contributed by atoms with E-state index in [9.17, 15) is 4.79 Å². The fourth-order valence-corrected chi connectivity index (χ4v) is 3.56. The van der Waals surface area contributed by atoms with Gasteiger partial charge < -0.3 is 4.74 Å². The van der Waals surface area contributed by atoms with Gasteiger partial charge in [-0.25, -0.2) is 4.98 Å². The predicted molar refractivity (Wildman–Crippen MR) is 101 cm³/mol. The van der Waals surface area contributed by atoms with Crippen molar-refractivity contribution in [3.8, 4) is 11.8 Å². The zero-order valence-corrected chi connectivity index (χ0v) is 15.6. The molecule has 0 saturated carbocycles. The Morgan fingerprint density at radius 3 is 2.77 bits per heavy atom. The van der Waals surface area contributed by atoms with E-state index in [0.717, 1.165) is 25.3 Å². The van der Waals surface area contributed by atoms with Gasteiger partial charge in [0.25, 0.3) is 5.91 Å². The summed E-state index contributed by atoms with van der Waals surface area (Å²) in [6, 6.07) is 8.74. The minimum Gasteiger partial charge on any atom is -0.481 e. The molecule has 1 aromatic carbocycles. The van der Waals surface area contributed by atoms with Crippen molar-refractivity contribution >= 4 is 22.4 Å². The second kappa shape index (κ2) is 8.79. The van der Waals surface area contributed by atoms with Gasteiger partial charge in [-0.1, -0.05) is 6.42 Å². The summed E-state index contributed by atoms with van der Waals surface area (Å²) in [5, 5.41) is 14.2. The summed E-state index contributed by atoms with van der Waals surface area (Å²) in [7, 11) is 0. The van der Waals surface area contributed by atoms with E-state index in [-0.39, 0.29) is 5.91 Å². The maximum Gasteiger partial charge on any atom is 0.266 e. The maximum atomic E-state index is 12.3. The summed E-state index contributed by atoms with van der Waals surface area (Å²) in [4.78, 5) is 19.2. The minimum absolute atomic E-state index is 0.242. The highest BCUT2D eigenvalue weighted by Crippen LogP contribution is 2.20. The summed E-state index contributed by atoms with van der Waals surface area (Å²) in [6.45, 7) is 4.77. The van der Waals surface area contributed by atoms with Crippen molar-refractivity contribution in [2.24, 2.45) is 0 Å². The lowest BCUT2D eigenvalue weighted by atomic mass is 10.1. The smallest absolute Gasteiger partial charge is 0.266 e. The lowest BCUT2D eigenvalue weighted by molar-refractivity contribution is -0.122. The molecule has 3 rings (SSSR count). The van der Waals surface area contributed by atoms with Gasteiger partial charge in [-0.05, 0) is 57.1 Å². The van der Waals surface area contributed by atoms with Gasteiger partial charge >= 0.3 is 0 Å². The first-order chi connectivity index (χ1) is 12.6. The quantitative estimate of drug-likeness (QED) is 0.843. The topological polar surface area (TPSA) is 78.2 Å². The molecule has 2 heterocycles. The highest BCUT2D eigenvalue weighted by atomic mass is 32.1.